The molecular formula is C9H21NOSi. The summed E-state index contributed by atoms with van der Waals surface area (Å²) in [4.78, 5) is 12.1. The first-order chi connectivity index (χ1) is 5.58. The largest absolute Gasteiger partial charge is 0.432 e. The Hall–Kier alpha value is 0.137. The van der Waals surface area contributed by atoms with Gasteiger partial charge in [-0.05, 0) is 58.0 Å². The second kappa shape index (κ2) is 4.39. The van der Waals surface area contributed by atoms with Crippen LogP contribution in [0.1, 0.15) is 19.3 Å². The minimum Gasteiger partial charge on any atom is -0.432 e. The molecule has 0 bridgehead atoms. The van der Waals surface area contributed by atoms with Crippen LogP contribution in [-0.4, -0.2) is 37.6 Å². The zero-order valence-corrected chi connectivity index (χ0v) is 9.34. The van der Waals surface area contributed by atoms with Gasteiger partial charge in [0.25, 0.3) is 0 Å². The summed E-state index contributed by atoms with van der Waals surface area (Å²) in [7, 11) is -1.76. The van der Waals surface area contributed by atoms with Gasteiger partial charge in [-0.25, -0.2) is 0 Å². The number of likely N-dealkylation sites (tertiary alicyclic amines) is 1. The molecule has 0 aromatic carbocycles. The van der Waals surface area contributed by atoms with Gasteiger partial charge in [-0.15, -0.1) is 0 Å². The number of rotatable bonds is 4. The van der Waals surface area contributed by atoms with Gasteiger partial charge in [0.2, 0.25) is 0 Å². The molecule has 0 spiro atoms. The second-order valence-corrected chi connectivity index (χ2v) is 8.59. The average Bonchev–Trinajstić information content (AvgIpc) is 2.36. The van der Waals surface area contributed by atoms with Gasteiger partial charge in [0, 0.05) is 0 Å². The Morgan fingerprint density at radius 1 is 1.25 bits per heavy atom. The first kappa shape index (κ1) is 10.2. The maximum atomic E-state index is 9.61. The molecular weight excluding hydrogens is 166 g/mol. The summed E-state index contributed by atoms with van der Waals surface area (Å²) >= 11 is 0. The minimum atomic E-state index is -1.76. The predicted octanol–water partition coefficient (Wildman–Crippen LogP) is 1.67. The molecule has 0 radical (unpaired) electrons. The van der Waals surface area contributed by atoms with Crippen molar-refractivity contribution in [3.8, 4) is 0 Å². The molecule has 72 valence electrons. The van der Waals surface area contributed by atoms with Gasteiger partial charge >= 0.3 is 0 Å². The lowest BCUT2D eigenvalue weighted by Crippen LogP contribution is -2.27. The van der Waals surface area contributed by atoms with Crippen molar-refractivity contribution in [1.29, 1.82) is 0 Å². The molecule has 3 heteroatoms. The molecule has 1 fully saturated rings. The highest BCUT2D eigenvalue weighted by Crippen LogP contribution is 2.12. The van der Waals surface area contributed by atoms with Crippen LogP contribution in [0.4, 0.5) is 0 Å². The van der Waals surface area contributed by atoms with Crippen LogP contribution in [0.15, 0.2) is 0 Å². The summed E-state index contributed by atoms with van der Waals surface area (Å²) in [5, 5.41) is 0. The van der Waals surface area contributed by atoms with E-state index in [1.54, 1.807) is 0 Å². The van der Waals surface area contributed by atoms with E-state index >= 15 is 0 Å². The highest BCUT2D eigenvalue weighted by atomic mass is 28.4. The monoisotopic (exact) mass is 187 g/mol. The Balaban J connectivity index is 2.02. The summed E-state index contributed by atoms with van der Waals surface area (Å²) in [5.41, 5.74) is 0. The van der Waals surface area contributed by atoms with Gasteiger partial charge in [0.1, 0.15) is 0 Å². The number of hydrogen-bond acceptors (Lipinski definition) is 2. The first-order valence-corrected chi connectivity index (χ1v) is 8.18. The fraction of sp³-hybridized carbons (Fsp3) is 1.00. The highest BCUT2D eigenvalue weighted by Gasteiger charge is 2.17. The maximum absolute atomic E-state index is 9.61. The summed E-state index contributed by atoms with van der Waals surface area (Å²) in [6.07, 6.45) is 3.94. The summed E-state index contributed by atoms with van der Waals surface area (Å²) in [6, 6.07) is 1.06. The lowest BCUT2D eigenvalue weighted by molar-refractivity contribution is 0.337. The molecule has 0 atom stereocenters. The van der Waals surface area contributed by atoms with Crippen LogP contribution in [0.2, 0.25) is 19.1 Å². The molecule has 12 heavy (non-hydrogen) atoms. The lowest BCUT2D eigenvalue weighted by Gasteiger charge is -2.17. The van der Waals surface area contributed by atoms with Crippen molar-refractivity contribution in [2.75, 3.05) is 19.6 Å². The molecule has 1 N–H and O–H groups in total. The van der Waals surface area contributed by atoms with Crippen LogP contribution in [0.5, 0.6) is 0 Å². The molecule has 0 aromatic heterocycles. The van der Waals surface area contributed by atoms with Gasteiger partial charge in [-0.1, -0.05) is 0 Å². The van der Waals surface area contributed by atoms with E-state index in [4.69, 9.17) is 0 Å². The summed E-state index contributed by atoms with van der Waals surface area (Å²) in [5.74, 6) is 0. The van der Waals surface area contributed by atoms with E-state index in [9.17, 15) is 4.80 Å². The van der Waals surface area contributed by atoms with E-state index in [1.807, 2.05) is 13.1 Å². The maximum Gasteiger partial charge on any atom is 0.182 e. The van der Waals surface area contributed by atoms with Crippen molar-refractivity contribution in [2.45, 2.75) is 38.4 Å². The lowest BCUT2D eigenvalue weighted by atomic mass is 10.4. The van der Waals surface area contributed by atoms with E-state index in [0.717, 1.165) is 6.04 Å². The molecule has 0 aliphatic carbocycles. The Morgan fingerprint density at radius 2 is 1.83 bits per heavy atom. The van der Waals surface area contributed by atoms with E-state index in [-0.39, 0.29) is 0 Å². The van der Waals surface area contributed by atoms with Gasteiger partial charge < -0.3 is 9.70 Å². The van der Waals surface area contributed by atoms with E-state index < -0.39 is 8.32 Å². The Morgan fingerprint density at radius 3 is 2.33 bits per heavy atom. The Bertz CT molecular complexity index is 127. The van der Waals surface area contributed by atoms with Crippen molar-refractivity contribution in [2.24, 2.45) is 0 Å². The quantitative estimate of drug-likeness (QED) is 0.677. The van der Waals surface area contributed by atoms with E-state index in [0.29, 0.717) is 0 Å². The van der Waals surface area contributed by atoms with Gasteiger partial charge in [-0.3, -0.25) is 0 Å². The molecule has 0 saturated carbocycles. The minimum absolute atomic E-state index is 1.06. The number of hydrogen-bond donors (Lipinski definition) is 1. The van der Waals surface area contributed by atoms with Gasteiger partial charge in [0.15, 0.2) is 8.32 Å². The van der Waals surface area contributed by atoms with Crippen molar-refractivity contribution >= 4 is 8.32 Å². The summed E-state index contributed by atoms with van der Waals surface area (Å²) < 4.78 is 0. The van der Waals surface area contributed by atoms with Crippen molar-refractivity contribution in [3.63, 3.8) is 0 Å². The zero-order chi connectivity index (χ0) is 9.03. The van der Waals surface area contributed by atoms with Crippen LogP contribution in [0, 0.1) is 0 Å². The molecule has 2 nitrogen and oxygen atoms in total. The topological polar surface area (TPSA) is 23.5 Å². The molecule has 1 rings (SSSR count). The van der Waals surface area contributed by atoms with Gasteiger partial charge in [0.05, 0.1) is 0 Å². The highest BCUT2D eigenvalue weighted by molar-refractivity contribution is 6.69. The fourth-order valence-corrected chi connectivity index (χ4v) is 2.76. The van der Waals surface area contributed by atoms with E-state index in [1.165, 1.54) is 38.9 Å². The third-order valence-electron chi connectivity index (χ3n) is 2.46. The SMILES string of the molecule is C[Si](C)(O)CCCN1CCCC1. The van der Waals surface area contributed by atoms with Crippen LogP contribution >= 0.6 is 0 Å². The van der Waals surface area contributed by atoms with Crippen LogP contribution in [-0.2, 0) is 0 Å². The molecule has 1 aliphatic rings. The average molecular weight is 187 g/mol. The molecule has 1 saturated heterocycles. The molecule has 0 aromatic rings. The van der Waals surface area contributed by atoms with Gasteiger partial charge in [-0.2, -0.15) is 0 Å². The third-order valence-corrected chi connectivity index (χ3v) is 4.04. The fourth-order valence-electron chi connectivity index (χ4n) is 1.74. The molecule has 1 aliphatic heterocycles. The van der Waals surface area contributed by atoms with Crippen molar-refractivity contribution in [1.82, 2.24) is 4.90 Å². The molecule has 1 heterocycles. The van der Waals surface area contributed by atoms with E-state index in [2.05, 4.69) is 4.90 Å². The van der Waals surface area contributed by atoms with Crippen LogP contribution in [0.25, 0.3) is 0 Å². The first-order valence-electron chi connectivity index (χ1n) is 5.03. The molecule has 0 amide bonds. The van der Waals surface area contributed by atoms with Crippen LogP contribution in [0.3, 0.4) is 0 Å². The second-order valence-electron chi connectivity index (χ2n) is 4.46. The third kappa shape index (κ3) is 4.23. The van der Waals surface area contributed by atoms with Crippen LogP contribution < -0.4 is 0 Å². The smallest absolute Gasteiger partial charge is 0.182 e. The van der Waals surface area contributed by atoms with Crippen molar-refractivity contribution in [3.05, 3.63) is 0 Å². The normalized spacial score (nSPS) is 20.2. The zero-order valence-electron chi connectivity index (χ0n) is 8.34. The van der Waals surface area contributed by atoms with Crippen molar-refractivity contribution < 1.29 is 4.80 Å². The number of nitrogens with zero attached hydrogens (tertiary/aromatic N) is 1. The Labute approximate surface area is 76.7 Å². The molecule has 0 unspecified atom stereocenters. The standard InChI is InChI=1S/C9H21NOSi/c1-12(2,11)9-5-8-10-6-3-4-7-10/h11H,3-9H2,1-2H3. The predicted molar refractivity (Wildman–Crippen MR) is 54.8 cm³/mol. The Kier molecular flexibility index (Phi) is 3.74. The summed E-state index contributed by atoms with van der Waals surface area (Å²) in [6.45, 7) is 7.83.